The third-order valence-electron chi connectivity index (χ3n) is 1.60. The highest BCUT2D eigenvalue weighted by atomic mass is 16.7. The van der Waals surface area contributed by atoms with E-state index in [0.717, 1.165) is 5.56 Å². The summed E-state index contributed by atoms with van der Waals surface area (Å²) in [5.41, 5.74) is 1.06. The Morgan fingerprint density at radius 1 is 1.25 bits per heavy atom. The van der Waals surface area contributed by atoms with Crippen molar-refractivity contribution >= 4 is 0 Å². The van der Waals surface area contributed by atoms with Gasteiger partial charge in [0, 0.05) is 19.3 Å². The number of ether oxygens (including phenoxy) is 2. The van der Waals surface area contributed by atoms with Crippen LogP contribution in [0.4, 0.5) is 0 Å². The lowest BCUT2D eigenvalue weighted by molar-refractivity contribution is -0.124. The minimum absolute atomic E-state index is 0.226. The van der Waals surface area contributed by atoms with Crippen molar-refractivity contribution < 1.29 is 9.47 Å². The molecule has 0 fully saturated rings. The van der Waals surface area contributed by atoms with Gasteiger partial charge in [-0.2, -0.15) is 0 Å². The highest BCUT2D eigenvalue weighted by Crippen LogP contribution is 2.16. The van der Waals surface area contributed by atoms with Crippen molar-refractivity contribution in [2.75, 3.05) is 13.7 Å². The molecule has 0 aliphatic heterocycles. The summed E-state index contributed by atoms with van der Waals surface area (Å²) in [7, 11) is 1.65. The van der Waals surface area contributed by atoms with Gasteiger partial charge in [0.2, 0.25) is 0 Å². The quantitative estimate of drug-likeness (QED) is 0.639. The van der Waals surface area contributed by atoms with Crippen LogP contribution in [0.15, 0.2) is 30.3 Å². The highest BCUT2D eigenvalue weighted by Gasteiger charge is 2.07. The van der Waals surface area contributed by atoms with Gasteiger partial charge in [0.15, 0.2) is 6.29 Å². The van der Waals surface area contributed by atoms with Crippen molar-refractivity contribution in [3.63, 3.8) is 0 Å². The van der Waals surface area contributed by atoms with Gasteiger partial charge in [-0.3, -0.25) is 0 Å². The Kier molecular flexibility index (Phi) is 3.77. The van der Waals surface area contributed by atoms with Crippen LogP contribution in [-0.4, -0.2) is 13.7 Å². The second kappa shape index (κ2) is 4.91. The standard InChI is InChI=1S/C10H14O2/c1-3-12-10(11-2)9-7-5-4-6-8-9/h4-8,10H,3H2,1-2H3. The summed E-state index contributed by atoms with van der Waals surface area (Å²) in [5.74, 6) is 0. The molecule has 0 radical (unpaired) electrons. The Morgan fingerprint density at radius 2 is 1.92 bits per heavy atom. The maximum absolute atomic E-state index is 5.35. The fourth-order valence-electron chi connectivity index (χ4n) is 1.06. The molecule has 0 aliphatic rings. The van der Waals surface area contributed by atoms with Gasteiger partial charge in [0.05, 0.1) is 0 Å². The molecule has 0 amide bonds. The van der Waals surface area contributed by atoms with Crippen LogP contribution < -0.4 is 0 Å². The van der Waals surface area contributed by atoms with Gasteiger partial charge in [-0.05, 0) is 6.92 Å². The summed E-state index contributed by atoms with van der Waals surface area (Å²) in [4.78, 5) is 0. The highest BCUT2D eigenvalue weighted by molar-refractivity contribution is 5.15. The molecule has 0 aromatic heterocycles. The third kappa shape index (κ3) is 2.32. The van der Waals surface area contributed by atoms with Crippen molar-refractivity contribution in [3.05, 3.63) is 35.9 Å². The summed E-state index contributed by atoms with van der Waals surface area (Å²) < 4.78 is 10.5. The predicted molar refractivity (Wildman–Crippen MR) is 47.8 cm³/mol. The Balaban J connectivity index is 2.66. The average molecular weight is 166 g/mol. The maximum atomic E-state index is 5.35. The van der Waals surface area contributed by atoms with Crippen LogP contribution in [-0.2, 0) is 9.47 Å². The smallest absolute Gasteiger partial charge is 0.183 e. The van der Waals surface area contributed by atoms with Gasteiger partial charge in [0.25, 0.3) is 0 Å². The van der Waals surface area contributed by atoms with Gasteiger partial charge in [-0.15, -0.1) is 0 Å². The van der Waals surface area contributed by atoms with Crippen LogP contribution in [0.1, 0.15) is 18.8 Å². The molecule has 0 N–H and O–H groups in total. The predicted octanol–water partition coefficient (Wildman–Crippen LogP) is 2.37. The molecule has 1 aromatic rings. The Labute approximate surface area is 73.1 Å². The molecule has 2 heteroatoms. The molecule has 0 bridgehead atoms. The Bertz CT molecular complexity index is 208. The molecule has 0 saturated carbocycles. The van der Waals surface area contributed by atoms with E-state index in [1.165, 1.54) is 0 Å². The van der Waals surface area contributed by atoms with Gasteiger partial charge in [-0.25, -0.2) is 0 Å². The molecule has 12 heavy (non-hydrogen) atoms. The molecule has 1 unspecified atom stereocenters. The monoisotopic (exact) mass is 166 g/mol. The van der Waals surface area contributed by atoms with Crippen molar-refractivity contribution in [1.82, 2.24) is 0 Å². The summed E-state index contributed by atoms with van der Waals surface area (Å²) >= 11 is 0. The van der Waals surface area contributed by atoms with Crippen LogP contribution in [0.3, 0.4) is 0 Å². The molecule has 2 nitrogen and oxygen atoms in total. The minimum atomic E-state index is -0.226. The second-order valence-electron chi connectivity index (χ2n) is 2.43. The maximum Gasteiger partial charge on any atom is 0.183 e. The zero-order chi connectivity index (χ0) is 8.81. The minimum Gasteiger partial charge on any atom is -0.352 e. The lowest BCUT2D eigenvalue weighted by Crippen LogP contribution is -2.05. The molecule has 0 spiro atoms. The van der Waals surface area contributed by atoms with Crippen LogP contribution in [0.25, 0.3) is 0 Å². The summed E-state index contributed by atoms with van der Waals surface area (Å²) in [6, 6.07) is 9.90. The van der Waals surface area contributed by atoms with E-state index in [-0.39, 0.29) is 6.29 Å². The number of methoxy groups -OCH3 is 1. The zero-order valence-corrected chi connectivity index (χ0v) is 7.49. The molecule has 0 aliphatic carbocycles. The van der Waals surface area contributed by atoms with Crippen LogP contribution in [0.5, 0.6) is 0 Å². The molecule has 66 valence electrons. The topological polar surface area (TPSA) is 18.5 Å². The number of hydrogen-bond acceptors (Lipinski definition) is 2. The average Bonchev–Trinajstić information content (AvgIpc) is 2.15. The fourth-order valence-corrected chi connectivity index (χ4v) is 1.06. The summed E-state index contributed by atoms with van der Waals surface area (Å²) in [6.07, 6.45) is -0.226. The molecular formula is C10H14O2. The molecular weight excluding hydrogens is 152 g/mol. The molecule has 0 saturated heterocycles. The van der Waals surface area contributed by atoms with E-state index in [0.29, 0.717) is 6.61 Å². The van der Waals surface area contributed by atoms with Crippen molar-refractivity contribution in [2.45, 2.75) is 13.2 Å². The lowest BCUT2D eigenvalue weighted by Gasteiger charge is -2.14. The number of rotatable bonds is 4. The summed E-state index contributed by atoms with van der Waals surface area (Å²) in [6.45, 7) is 2.61. The van der Waals surface area contributed by atoms with E-state index in [2.05, 4.69) is 0 Å². The first-order valence-electron chi connectivity index (χ1n) is 4.07. The summed E-state index contributed by atoms with van der Waals surface area (Å²) in [5, 5.41) is 0. The normalized spacial score (nSPS) is 12.8. The van der Waals surface area contributed by atoms with Crippen LogP contribution >= 0.6 is 0 Å². The van der Waals surface area contributed by atoms with Gasteiger partial charge < -0.3 is 9.47 Å². The number of benzene rings is 1. The second-order valence-corrected chi connectivity index (χ2v) is 2.43. The van der Waals surface area contributed by atoms with Crippen molar-refractivity contribution in [3.8, 4) is 0 Å². The van der Waals surface area contributed by atoms with Crippen molar-refractivity contribution in [1.29, 1.82) is 0 Å². The Hall–Kier alpha value is -0.860. The van der Waals surface area contributed by atoms with Crippen LogP contribution in [0.2, 0.25) is 0 Å². The Morgan fingerprint density at radius 3 is 2.42 bits per heavy atom. The van der Waals surface area contributed by atoms with Gasteiger partial charge >= 0.3 is 0 Å². The van der Waals surface area contributed by atoms with E-state index >= 15 is 0 Å². The largest absolute Gasteiger partial charge is 0.352 e. The van der Waals surface area contributed by atoms with E-state index in [1.54, 1.807) is 7.11 Å². The van der Waals surface area contributed by atoms with E-state index in [1.807, 2.05) is 37.3 Å². The number of hydrogen-bond donors (Lipinski definition) is 0. The SMILES string of the molecule is CCOC(OC)c1ccccc1. The van der Waals surface area contributed by atoms with E-state index in [9.17, 15) is 0 Å². The third-order valence-corrected chi connectivity index (χ3v) is 1.60. The fraction of sp³-hybridized carbons (Fsp3) is 0.400. The first-order valence-corrected chi connectivity index (χ1v) is 4.07. The zero-order valence-electron chi connectivity index (χ0n) is 7.49. The van der Waals surface area contributed by atoms with Gasteiger partial charge in [0.1, 0.15) is 0 Å². The molecule has 1 rings (SSSR count). The first kappa shape index (κ1) is 9.23. The van der Waals surface area contributed by atoms with Gasteiger partial charge in [-0.1, -0.05) is 30.3 Å². The van der Waals surface area contributed by atoms with Crippen molar-refractivity contribution in [2.24, 2.45) is 0 Å². The van der Waals surface area contributed by atoms with Crippen LogP contribution in [0, 0.1) is 0 Å². The van der Waals surface area contributed by atoms with E-state index in [4.69, 9.17) is 9.47 Å². The molecule has 0 heterocycles. The first-order chi connectivity index (χ1) is 5.88. The lowest BCUT2D eigenvalue weighted by atomic mass is 10.2. The molecule has 1 aromatic carbocycles. The van der Waals surface area contributed by atoms with E-state index < -0.39 is 0 Å². The molecule has 1 atom stereocenters.